The topological polar surface area (TPSA) is 51.1 Å². The van der Waals surface area contributed by atoms with Crippen LogP contribution in [0.5, 0.6) is 0 Å². The van der Waals surface area contributed by atoms with E-state index < -0.39 is 0 Å². The molecule has 1 aromatic carbocycles. The summed E-state index contributed by atoms with van der Waals surface area (Å²) in [5.41, 5.74) is 0.931. The maximum Gasteiger partial charge on any atom is 0.193 e. The van der Waals surface area contributed by atoms with Gasteiger partial charge in [-0.15, -0.1) is 0 Å². The Labute approximate surface area is 150 Å². The Morgan fingerprint density at radius 3 is 2.84 bits per heavy atom. The molecule has 0 saturated carbocycles. The summed E-state index contributed by atoms with van der Waals surface area (Å²) in [6, 6.07) is 6.68. The molecule has 0 amide bonds. The van der Waals surface area contributed by atoms with E-state index in [1.165, 1.54) is 6.07 Å². The third kappa shape index (κ3) is 7.00. The normalized spacial score (nSPS) is 16.9. The van der Waals surface area contributed by atoms with Crippen molar-refractivity contribution in [1.82, 2.24) is 15.1 Å². The zero-order valence-electron chi connectivity index (χ0n) is 15.4. The quantitative estimate of drug-likeness (QED) is 0.449. The maximum absolute atomic E-state index is 13.3. The van der Waals surface area contributed by atoms with Gasteiger partial charge in [0.1, 0.15) is 5.82 Å². The molecular formula is C19H31FN4O. The zero-order valence-corrected chi connectivity index (χ0v) is 15.4. The van der Waals surface area contributed by atoms with Crippen LogP contribution in [0.25, 0.3) is 0 Å². The zero-order chi connectivity index (χ0) is 18.1. The highest BCUT2D eigenvalue weighted by molar-refractivity contribution is 5.79. The summed E-state index contributed by atoms with van der Waals surface area (Å²) in [6.07, 6.45) is 2.63. The van der Waals surface area contributed by atoms with Crippen molar-refractivity contribution in [2.24, 2.45) is 4.99 Å². The first-order chi connectivity index (χ1) is 12.1. The van der Waals surface area contributed by atoms with Gasteiger partial charge in [-0.05, 0) is 50.4 Å². The Morgan fingerprint density at radius 1 is 1.40 bits per heavy atom. The van der Waals surface area contributed by atoms with E-state index in [2.05, 4.69) is 10.2 Å². The monoisotopic (exact) mass is 350 g/mol. The number of likely N-dealkylation sites (tertiary alicyclic amines) is 1. The molecule has 0 aromatic heterocycles. The van der Waals surface area contributed by atoms with Crippen LogP contribution in [0.3, 0.4) is 0 Å². The van der Waals surface area contributed by atoms with Crippen LogP contribution >= 0.6 is 0 Å². The number of benzene rings is 1. The Bertz CT molecular complexity index is 544. The minimum atomic E-state index is -0.209. The Balaban J connectivity index is 1.80. The SMILES string of the molecule is CCNC(=NCCCN1CCC(O)CC1)N(C)Cc1cccc(F)c1. The van der Waals surface area contributed by atoms with E-state index in [1.54, 1.807) is 12.1 Å². The summed E-state index contributed by atoms with van der Waals surface area (Å²) in [6.45, 7) is 7.20. The average Bonchev–Trinajstić information content (AvgIpc) is 2.59. The molecule has 6 heteroatoms. The van der Waals surface area contributed by atoms with Gasteiger partial charge in [0.05, 0.1) is 6.10 Å². The van der Waals surface area contributed by atoms with E-state index in [-0.39, 0.29) is 11.9 Å². The fourth-order valence-electron chi connectivity index (χ4n) is 3.08. The number of hydrogen-bond acceptors (Lipinski definition) is 3. The van der Waals surface area contributed by atoms with Crippen molar-refractivity contribution in [3.8, 4) is 0 Å². The van der Waals surface area contributed by atoms with Crippen LogP contribution in [0.1, 0.15) is 31.7 Å². The molecule has 1 heterocycles. The Hall–Kier alpha value is -1.66. The number of nitrogens with zero attached hydrogens (tertiary/aromatic N) is 3. The molecule has 1 aliphatic heterocycles. The molecule has 0 spiro atoms. The van der Waals surface area contributed by atoms with Gasteiger partial charge in [0.2, 0.25) is 0 Å². The summed E-state index contributed by atoms with van der Waals surface area (Å²) >= 11 is 0. The van der Waals surface area contributed by atoms with E-state index in [0.717, 1.165) is 63.5 Å². The van der Waals surface area contributed by atoms with Crippen LogP contribution < -0.4 is 5.32 Å². The number of nitrogens with one attached hydrogen (secondary N) is 1. The van der Waals surface area contributed by atoms with Gasteiger partial charge in [-0.3, -0.25) is 4.99 Å². The molecule has 0 atom stereocenters. The number of aliphatic imine (C=N–C) groups is 1. The molecular weight excluding hydrogens is 319 g/mol. The highest BCUT2D eigenvalue weighted by Gasteiger charge is 2.16. The number of aliphatic hydroxyl groups excluding tert-OH is 1. The van der Waals surface area contributed by atoms with E-state index >= 15 is 0 Å². The van der Waals surface area contributed by atoms with Gasteiger partial charge >= 0.3 is 0 Å². The molecule has 1 fully saturated rings. The first-order valence-electron chi connectivity index (χ1n) is 9.22. The fraction of sp³-hybridized carbons (Fsp3) is 0.632. The third-order valence-electron chi connectivity index (χ3n) is 4.46. The molecule has 0 radical (unpaired) electrons. The molecule has 1 aliphatic rings. The van der Waals surface area contributed by atoms with Crippen molar-refractivity contribution < 1.29 is 9.50 Å². The summed E-state index contributed by atoms with van der Waals surface area (Å²) < 4.78 is 13.3. The van der Waals surface area contributed by atoms with Crippen LogP contribution in [0.15, 0.2) is 29.3 Å². The molecule has 1 aromatic rings. The van der Waals surface area contributed by atoms with Crippen molar-refractivity contribution >= 4 is 5.96 Å². The number of aliphatic hydroxyl groups is 1. The van der Waals surface area contributed by atoms with Crippen LogP contribution in [-0.4, -0.2) is 66.7 Å². The van der Waals surface area contributed by atoms with Gasteiger partial charge in [0.25, 0.3) is 0 Å². The molecule has 1 saturated heterocycles. The number of piperidine rings is 1. The van der Waals surface area contributed by atoms with E-state index in [9.17, 15) is 9.50 Å². The largest absolute Gasteiger partial charge is 0.393 e. The molecule has 0 bridgehead atoms. The van der Waals surface area contributed by atoms with Gasteiger partial charge in [0, 0.05) is 39.8 Å². The predicted octanol–water partition coefficient (Wildman–Crippen LogP) is 2.07. The standard InChI is InChI=1S/C19H31FN4O/c1-3-21-19(23(2)15-16-6-4-7-17(20)14-16)22-10-5-11-24-12-8-18(25)9-13-24/h4,6-7,14,18,25H,3,5,8-13,15H2,1-2H3,(H,21,22). The van der Waals surface area contributed by atoms with Crippen molar-refractivity contribution in [2.45, 2.75) is 38.8 Å². The second-order valence-electron chi connectivity index (χ2n) is 6.65. The van der Waals surface area contributed by atoms with Crippen molar-refractivity contribution in [3.05, 3.63) is 35.6 Å². The lowest BCUT2D eigenvalue weighted by Crippen LogP contribution is -2.39. The lowest BCUT2D eigenvalue weighted by Gasteiger charge is -2.29. The van der Waals surface area contributed by atoms with Crippen molar-refractivity contribution in [3.63, 3.8) is 0 Å². The molecule has 140 valence electrons. The number of halogens is 1. The second kappa shape index (κ2) is 10.4. The molecule has 0 unspecified atom stereocenters. The molecule has 25 heavy (non-hydrogen) atoms. The number of rotatable bonds is 7. The van der Waals surface area contributed by atoms with Crippen molar-refractivity contribution in [1.29, 1.82) is 0 Å². The summed E-state index contributed by atoms with van der Waals surface area (Å²) in [5, 5.41) is 12.8. The van der Waals surface area contributed by atoms with E-state index in [4.69, 9.17) is 4.99 Å². The maximum atomic E-state index is 13.3. The van der Waals surface area contributed by atoms with Crippen LogP contribution in [0, 0.1) is 5.82 Å². The summed E-state index contributed by atoms with van der Waals surface area (Å²) in [7, 11) is 1.97. The first kappa shape index (κ1) is 19.7. The molecule has 5 nitrogen and oxygen atoms in total. The van der Waals surface area contributed by atoms with E-state index in [0.29, 0.717) is 6.54 Å². The average molecular weight is 350 g/mol. The Kier molecular flexibility index (Phi) is 8.15. The number of hydrogen-bond donors (Lipinski definition) is 2. The summed E-state index contributed by atoms with van der Waals surface area (Å²) in [5.74, 6) is 0.639. The third-order valence-corrected chi connectivity index (χ3v) is 4.46. The molecule has 2 N–H and O–H groups in total. The van der Waals surface area contributed by atoms with Crippen LogP contribution in [0.4, 0.5) is 4.39 Å². The van der Waals surface area contributed by atoms with Gasteiger partial charge < -0.3 is 20.2 Å². The van der Waals surface area contributed by atoms with Gasteiger partial charge in [-0.1, -0.05) is 12.1 Å². The van der Waals surface area contributed by atoms with Gasteiger partial charge in [-0.25, -0.2) is 4.39 Å². The van der Waals surface area contributed by atoms with Gasteiger partial charge in [-0.2, -0.15) is 0 Å². The van der Waals surface area contributed by atoms with Crippen LogP contribution in [-0.2, 0) is 6.54 Å². The lowest BCUT2D eigenvalue weighted by molar-refractivity contribution is 0.0824. The van der Waals surface area contributed by atoms with Gasteiger partial charge in [0.15, 0.2) is 5.96 Å². The second-order valence-corrected chi connectivity index (χ2v) is 6.65. The fourth-order valence-corrected chi connectivity index (χ4v) is 3.08. The summed E-state index contributed by atoms with van der Waals surface area (Å²) in [4.78, 5) is 9.11. The smallest absolute Gasteiger partial charge is 0.193 e. The lowest BCUT2D eigenvalue weighted by atomic mass is 10.1. The van der Waals surface area contributed by atoms with Crippen LogP contribution in [0.2, 0.25) is 0 Å². The highest BCUT2D eigenvalue weighted by atomic mass is 19.1. The van der Waals surface area contributed by atoms with Crippen molar-refractivity contribution in [2.75, 3.05) is 39.8 Å². The first-order valence-corrected chi connectivity index (χ1v) is 9.22. The molecule has 2 rings (SSSR count). The highest BCUT2D eigenvalue weighted by Crippen LogP contribution is 2.10. The van der Waals surface area contributed by atoms with E-state index in [1.807, 2.05) is 24.9 Å². The minimum Gasteiger partial charge on any atom is -0.393 e. The minimum absolute atomic E-state index is 0.119. The Morgan fingerprint density at radius 2 is 2.16 bits per heavy atom. The predicted molar refractivity (Wildman–Crippen MR) is 100 cm³/mol. The molecule has 0 aliphatic carbocycles. The number of guanidine groups is 1.